The van der Waals surface area contributed by atoms with Gasteiger partial charge in [0.2, 0.25) is 0 Å². The first-order chi connectivity index (χ1) is 2.89. The van der Waals surface area contributed by atoms with Crippen LogP contribution in [0.4, 0.5) is 0 Å². The third-order valence-electron chi connectivity index (χ3n) is 0.388. The lowest BCUT2D eigenvalue weighted by Gasteiger charge is -1.66. The summed E-state index contributed by atoms with van der Waals surface area (Å²) in [4.78, 5) is 0. The van der Waals surface area contributed by atoms with E-state index < -0.39 is 10.7 Å². The van der Waals surface area contributed by atoms with Crippen LogP contribution in [-0.2, 0) is 10.7 Å². The highest BCUT2D eigenvalue weighted by molar-refractivity contribution is 8.11. The SMILES string of the molecule is N=S1C=NN=C1. The summed E-state index contributed by atoms with van der Waals surface area (Å²) in [6, 6.07) is 0. The Bertz CT molecular complexity index is 111. The summed E-state index contributed by atoms with van der Waals surface area (Å²) in [5.41, 5.74) is 3.00. The maximum absolute atomic E-state index is 6.86. The summed E-state index contributed by atoms with van der Waals surface area (Å²) >= 11 is 0. The van der Waals surface area contributed by atoms with Crippen molar-refractivity contribution in [2.75, 3.05) is 0 Å². The maximum atomic E-state index is 6.86. The van der Waals surface area contributed by atoms with Crippen molar-refractivity contribution in [3.63, 3.8) is 0 Å². The molecule has 0 saturated carbocycles. The van der Waals surface area contributed by atoms with Crippen LogP contribution in [0.25, 0.3) is 0 Å². The molecule has 0 radical (unpaired) electrons. The molecule has 0 aliphatic carbocycles. The fourth-order valence-corrected chi connectivity index (χ4v) is 0.550. The van der Waals surface area contributed by atoms with Crippen molar-refractivity contribution in [1.29, 1.82) is 4.78 Å². The van der Waals surface area contributed by atoms with Crippen LogP contribution in [-0.4, -0.2) is 11.1 Å². The highest BCUT2D eigenvalue weighted by Gasteiger charge is 1.84. The Labute approximate surface area is 37.7 Å². The van der Waals surface area contributed by atoms with Crippen LogP contribution in [0.3, 0.4) is 0 Å². The van der Waals surface area contributed by atoms with E-state index in [0.717, 1.165) is 0 Å². The Kier molecular flexibility index (Phi) is 0.795. The van der Waals surface area contributed by atoms with Gasteiger partial charge in [0.1, 0.15) is 0 Å². The molecule has 3 nitrogen and oxygen atoms in total. The van der Waals surface area contributed by atoms with Crippen molar-refractivity contribution in [3.8, 4) is 0 Å². The third-order valence-corrected chi connectivity index (χ3v) is 1.03. The molecule has 1 rings (SSSR count). The first kappa shape index (κ1) is 3.67. The number of hydrogen-bond acceptors (Lipinski definition) is 3. The van der Waals surface area contributed by atoms with Gasteiger partial charge in [-0.25, -0.2) is 0 Å². The Morgan fingerprint density at radius 2 is 1.83 bits per heavy atom. The lowest BCUT2D eigenvalue weighted by atomic mass is 11.6. The van der Waals surface area contributed by atoms with Crippen LogP contribution in [0.15, 0.2) is 10.2 Å². The summed E-state index contributed by atoms with van der Waals surface area (Å²) in [6.45, 7) is 0. The molecule has 4 heteroatoms. The molecule has 0 aromatic rings. The van der Waals surface area contributed by atoms with E-state index in [1.54, 1.807) is 0 Å². The Hall–Kier alpha value is -0.510. The van der Waals surface area contributed by atoms with Crippen LogP contribution in [0.2, 0.25) is 0 Å². The molecule has 1 aliphatic heterocycles. The predicted molar refractivity (Wildman–Crippen MR) is 27.1 cm³/mol. The standard InChI is InChI=1S/C2H3N3S/c3-6-1-4-5-2-6/h1-3H. The molecule has 0 bridgehead atoms. The topological polar surface area (TPSA) is 48.6 Å². The molecule has 32 valence electrons. The second-order valence-electron chi connectivity index (χ2n) is 0.814. The Balaban J connectivity index is 2.86. The Morgan fingerprint density at radius 3 is 2.00 bits per heavy atom. The molecule has 0 amide bonds. The molecule has 0 fully saturated rings. The largest absolute Gasteiger partial charge is 0.269 e. The fourth-order valence-electron chi connectivity index (χ4n) is 0.183. The maximum Gasteiger partial charge on any atom is 0.0987 e. The minimum Gasteiger partial charge on any atom is -0.269 e. The van der Waals surface area contributed by atoms with Gasteiger partial charge in [-0.05, 0) is 10.7 Å². The van der Waals surface area contributed by atoms with Gasteiger partial charge in [0.25, 0.3) is 0 Å². The lowest BCUT2D eigenvalue weighted by Crippen LogP contribution is -1.78. The van der Waals surface area contributed by atoms with Crippen molar-refractivity contribution >= 4 is 21.8 Å². The molecule has 1 N–H and O–H groups in total. The van der Waals surface area contributed by atoms with Gasteiger partial charge in [-0.15, -0.1) is 0 Å². The molecule has 0 aromatic carbocycles. The van der Waals surface area contributed by atoms with Crippen molar-refractivity contribution in [2.45, 2.75) is 0 Å². The monoisotopic (exact) mass is 101 g/mol. The van der Waals surface area contributed by atoms with Crippen molar-refractivity contribution in [1.82, 2.24) is 0 Å². The number of hydrogen-bond donors (Lipinski definition) is 1. The van der Waals surface area contributed by atoms with E-state index in [4.69, 9.17) is 4.78 Å². The van der Waals surface area contributed by atoms with E-state index in [1.165, 1.54) is 11.1 Å². The minimum absolute atomic E-state index is 0.506. The predicted octanol–water partition coefficient (Wildman–Crippen LogP) is 0.352. The normalized spacial score (nSPS) is 20.0. The van der Waals surface area contributed by atoms with Gasteiger partial charge in [0.05, 0.1) is 11.1 Å². The van der Waals surface area contributed by atoms with Gasteiger partial charge < -0.3 is 0 Å². The summed E-state index contributed by atoms with van der Waals surface area (Å²) in [5.74, 6) is 0. The second-order valence-corrected chi connectivity index (χ2v) is 1.98. The van der Waals surface area contributed by atoms with E-state index in [0.29, 0.717) is 0 Å². The summed E-state index contributed by atoms with van der Waals surface area (Å²) in [6.07, 6.45) is 0. The number of nitrogens with one attached hydrogen (secondary N) is 1. The first-order valence-electron chi connectivity index (χ1n) is 1.39. The molecule has 1 aliphatic rings. The highest BCUT2D eigenvalue weighted by atomic mass is 32.2. The Morgan fingerprint density at radius 1 is 1.33 bits per heavy atom. The molecule has 1 heterocycles. The molecule has 0 atom stereocenters. The average molecular weight is 101 g/mol. The van der Waals surface area contributed by atoms with Gasteiger partial charge in [-0.1, -0.05) is 0 Å². The molecule has 0 saturated heterocycles. The molecule has 0 aromatic heterocycles. The number of nitrogens with zero attached hydrogens (tertiary/aromatic N) is 2. The second kappa shape index (κ2) is 1.30. The zero-order chi connectivity index (χ0) is 4.41. The average Bonchev–Trinajstić information content (AvgIpc) is 1.86. The van der Waals surface area contributed by atoms with Crippen molar-refractivity contribution < 1.29 is 0 Å². The summed E-state index contributed by atoms with van der Waals surface area (Å²) in [5, 5.41) is 6.87. The van der Waals surface area contributed by atoms with Gasteiger partial charge in [-0.2, -0.15) is 10.2 Å². The number of rotatable bonds is 0. The molecular weight excluding hydrogens is 98.1 g/mol. The van der Waals surface area contributed by atoms with Gasteiger partial charge >= 0.3 is 0 Å². The van der Waals surface area contributed by atoms with E-state index >= 15 is 0 Å². The molecular formula is C2H3N3S. The lowest BCUT2D eigenvalue weighted by molar-refractivity contribution is 1.29. The van der Waals surface area contributed by atoms with Crippen LogP contribution in [0, 0.1) is 4.78 Å². The van der Waals surface area contributed by atoms with Gasteiger partial charge in [0.15, 0.2) is 0 Å². The molecule has 0 unspecified atom stereocenters. The van der Waals surface area contributed by atoms with Crippen LogP contribution < -0.4 is 0 Å². The fraction of sp³-hybridized carbons (Fsp3) is 0. The highest BCUT2D eigenvalue weighted by Crippen LogP contribution is 1.82. The molecule has 6 heavy (non-hydrogen) atoms. The third kappa shape index (κ3) is 0.514. The zero-order valence-corrected chi connectivity index (χ0v) is 3.77. The smallest absolute Gasteiger partial charge is 0.0987 e. The quantitative estimate of drug-likeness (QED) is 0.458. The first-order valence-corrected chi connectivity index (χ1v) is 2.74. The zero-order valence-electron chi connectivity index (χ0n) is 2.96. The van der Waals surface area contributed by atoms with E-state index in [9.17, 15) is 0 Å². The van der Waals surface area contributed by atoms with E-state index in [2.05, 4.69) is 10.2 Å². The van der Waals surface area contributed by atoms with E-state index in [1.807, 2.05) is 0 Å². The molecule has 0 spiro atoms. The van der Waals surface area contributed by atoms with Gasteiger partial charge in [-0.3, -0.25) is 4.78 Å². The van der Waals surface area contributed by atoms with Crippen molar-refractivity contribution in [2.24, 2.45) is 10.2 Å². The van der Waals surface area contributed by atoms with Crippen LogP contribution >= 0.6 is 0 Å². The van der Waals surface area contributed by atoms with E-state index in [-0.39, 0.29) is 0 Å². The summed E-state index contributed by atoms with van der Waals surface area (Å²) in [7, 11) is -0.506. The van der Waals surface area contributed by atoms with Crippen molar-refractivity contribution in [3.05, 3.63) is 0 Å². The summed E-state index contributed by atoms with van der Waals surface area (Å²) < 4.78 is 6.86. The minimum atomic E-state index is -0.506. The van der Waals surface area contributed by atoms with Crippen LogP contribution in [0.5, 0.6) is 0 Å². The van der Waals surface area contributed by atoms with Gasteiger partial charge in [0, 0.05) is 0 Å². The van der Waals surface area contributed by atoms with Crippen LogP contribution in [0.1, 0.15) is 0 Å².